The van der Waals surface area contributed by atoms with Gasteiger partial charge in [0, 0.05) is 12.0 Å². The van der Waals surface area contributed by atoms with Crippen LogP contribution in [-0.4, -0.2) is 18.5 Å². The Morgan fingerprint density at radius 1 is 1.14 bits per heavy atom. The molecule has 4 aliphatic carbocycles. The fourth-order valence-corrected chi connectivity index (χ4v) is 5.77. The highest BCUT2D eigenvalue weighted by Gasteiger charge is 2.53. The first-order chi connectivity index (χ1) is 10.0. The van der Waals surface area contributed by atoms with E-state index < -0.39 is 0 Å². The molecule has 0 spiro atoms. The van der Waals surface area contributed by atoms with Crippen LogP contribution in [0.3, 0.4) is 0 Å². The van der Waals surface area contributed by atoms with Crippen molar-refractivity contribution < 1.29 is 4.79 Å². The van der Waals surface area contributed by atoms with E-state index in [4.69, 9.17) is 5.73 Å². The first-order valence-corrected chi connectivity index (χ1v) is 9.03. The summed E-state index contributed by atoms with van der Waals surface area (Å²) < 4.78 is 0. The summed E-state index contributed by atoms with van der Waals surface area (Å²) in [4.78, 5) is 12.4. The Bertz CT molecular complexity index is 357. The van der Waals surface area contributed by atoms with Gasteiger partial charge in [-0.15, -0.1) is 0 Å². The van der Waals surface area contributed by atoms with Crippen molar-refractivity contribution in [2.24, 2.45) is 34.8 Å². The molecule has 1 amide bonds. The molecule has 3 N–H and O–H groups in total. The van der Waals surface area contributed by atoms with Crippen LogP contribution in [0.1, 0.15) is 65.2 Å². The van der Waals surface area contributed by atoms with E-state index in [0.29, 0.717) is 18.0 Å². The second-order valence-electron chi connectivity index (χ2n) is 8.34. The highest BCUT2D eigenvalue weighted by molar-refractivity contribution is 5.78. The molecule has 2 atom stereocenters. The molecule has 0 saturated heterocycles. The zero-order valence-electron chi connectivity index (χ0n) is 13.7. The maximum atomic E-state index is 12.4. The van der Waals surface area contributed by atoms with E-state index in [0.717, 1.165) is 30.6 Å². The van der Waals surface area contributed by atoms with E-state index in [9.17, 15) is 4.79 Å². The maximum Gasteiger partial charge on any atom is 0.223 e. The van der Waals surface area contributed by atoms with Crippen LogP contribution in [0.5, 0.6) is 0 Å². The SMILES string of the molecule is CC(CCCN)C(=O)NC(C)C12CC3CC(CC(C3)C1)C2. The van der Waals surface area contributed by atoms with E-state index in [1.165, 1.54) is 38.5 Å². The molecule has 4 aliphatic rings. The minimum atomic E-state index is 0.102. The minimum absolute atomic E-state index is 0.102. The Morgan fingerprint density at radius 2 is 1.67 bits per heavy atom. The molecule has 0 aromatic carbocycles. The number of nitrogens with two attached hydrogens (primary N) is 1. The van der Waals surface area contributed by atoms with E-state index in [-0.39, 0.29) is 11.8 Å². The molecule has 4 bridgehead atoms. The van der Waals surface area contributed by atoms with Crippen molar-refractivity contribution in [3.63, 3.8) is 0 Å². The summed E-state index contributed by atoms with van der Waals surface area (Å²) in [6.45, 7) is 4.99. The molecule has 0 aromatic rings. The summed E-state index contributed by atoms with van der Waals surface area (Å²) in [5.41, 5.74) is 5.96. The number of rotatable bonds is 6. The van der Waals surface area contributed by atoms with Gasteiger partial charge in [0.15, 0.2) is 0 Å². The van der Waals surface area contributed by atoms with Crippen molar-refractivity contribution in [3.05, 3.63) is 0 Å². The first kappa shape index (κ1) is 15.3. The molecular formula is C18H32N2O. The topological polar surface area (TPSA) is 55.1 Å². The van der Waals surface area contributed by atoms with Crippen molar-refractivity contribution in [1.29, 1.82) is 0 Å². The fourth-order valence-electron chi connectivity index (χ4n) is 5.77. The molecule has 4 fully saturated rings. The van der Waals surface area contributed by atoms with Crippen LogP contribution in [0.4, 0.5) is 0 Å². The van der Waals surface area contributed by atoms with Gasteiger partial charge >= 0.3 is 0 Å². The van der Waals surface area contributed by atoms with Crippen molar-refractivity contribution in [1.82, 2.24) is 5.32 Å². The van der Waals surface area contributed by atoms with Crippen LogP contribution in [0.25, 0.3) is 0 Å². The monoisotopic (exact) mass is 292 g/mol. The number of hydrogen-bond acceptors (Lipinski definition) is 2. The van der Waals surface area contributed by atoms with Gasteiger partial charge in [-0.25, -0.2) is 0 Å². The van der Waals surface area contributed by atoms with Gasteiger partial charge < -0.3 is 11.1 Å². The van der Waals surface area contributed by atoms with Crippen molar-refractivity contribution in [2.45, 2.75) is 71.3 Å². The normalized spacial score (nSPS) is 40.0. The Morgan fingerprint density at radius 3 is 2.14 bits per heavy atom. The van der Waals surface area contributed by atoms with Crippen LogP contribution >= 0.6 is 0 Å². The van der Waals surface area contributed by atoms with E-state index in [2.05, 4.69) is 12.2 Å². The largest absolute Gasteiger partial charge is 0.353 e. The number of nitrogens with one attached hydrogen (secondary N) is 1. The molecule has 3 nitrogen and oxygen atoms in total. The summed E-state index contributed by atoms with van der Waals surface area (Å²) in [6.07, 6.45) is 10.3. The number of carbonyl (C=O) groups is 1. The maximum absolute atomic E-state index is 12.4. The van der Waals surface area contributed by atoms with E-state index >= 15 is 0 Å². The molecule has 21 heavy (non-hydrogen) atoms. The van der Waals surface area contributed by atoms with Crippen molar-refractivity contribution in [2.75, 3.05) is 6.54 Å². The summed E-state index contributed by atoms with van der Waals surface area (Å²) in [7, 11) is 0. The van der Waals surface area contributed by atoms with Crippen LogP contribution in [0.2, 0.25) is 0 Å². The second kappa shape index (κ2) is 5.91. The molecule has 0 aromatic heterocycles. The standard InChI is InChI=1S/C18H32N2O/c1-12(4-3-5-19)17(21)20-13(2)18-9-14-6-15(10-18)8-16(7-14)11-18/h12-16H,3-11,19H2,1-2H3,(H,20,21). The van der Waals surface area contributed by atoms with Gasteiger partial charge in [0.05, 0.1) is 0 Å². The molecule has 4 saturated carbocycles. The lowest BCUT2D eigenvalue weighted by molar-refractivity contribution is -0.129. The van der Waals surface area contributed by atoms with Crippen LogP contribution < -0.4 is 11.1 Å². The second-order valence-corrected chi connectivity index (χ2v) is 8.34. The number of hydrogen-bond donors (Lipinski definition) is 2. The third kappa shape index (κ3) is 2.99. The predicted octanol–water partition coefficient (Wildman–Crippen LogP) is 3.08. The minimum Gasteiger partial charge on any atom is -0.353 e. The number of carbonyl (C=O) groups excluding carboxylic acids is 1. The molecule has 4 rings (SSSR count). The van der Waals surface area contributed by atoms with Gasteiger partial charge in [-0.05, 0) is 88.0 Å². The summed E-state index contributed by atoms with van der Waals surface area (Å²) in [5.74, 6) is 3.19. The molecule has 120 valence electrons. The van der Waals surface area contributed by atoms with Crippen molar-refractivity contribution >= 4 is 5.91 Å². The Balaban J connectivity index is 1.60. The Labute approximate surface area is 129 Å². The smallest absolute Gasteiger partial charge is 0.223 e. The van der Waals surface area contributed by atoms with Gasteiger partial charge in [-0.3, -0.25) is 4.79 Å². The van der Waals surface area contributed by atoms with Gasteiger partial charge in [0.25, 0.3) is 0 Å². The number of amides is 1. The average Bonchev–Trinajstić information content (AvgIpc) is 2.43. The highest BCUT2D eigenvalue weighted by Crippen LogP contribution is 2.61. The molecular weight excluding hydrogens is 260 g/mol. The quantitative estimate of drug-likeness (QED) is 0.790. The Hall–Kier alpha value is -0.570. The highest BCUT2D eigenvalue weighted by atomic mass is 16.1. The molecule has 0 radical (unpaired) electrons. The lowest BCUT2D eigenvalue weighted by Crippen LogP contribution is -2.56. The van der Waals surface area contributed by atoms with Crippen LogP contribution in [0.15, 0.2) is 0 Å². The predicted molar refractivity (Wildman–Crippen MR) is 85.7 cm³/mol. The lowest BCUT2D eigenvalue weighted by Gasteiger charge is -2.59. The molecule has 3 heteroatoms. The molecule has 0 heterocycles. The van der Waals surface area contributed by atoms with Gasteiger partial charge in [0.2, 0.25) is 5.91 Å². The Kier molecular flexibility index (Phi) is 4.31. The third-order valence-corrected chi connectivity index (χ3v) is 6.65. The summed E-state index contributed by atoms with van der Waals surface area (Å²) >= 11 is 0. The summed E-state index contributed by atoms with van der Waals surface area (Å²) in [6, 6.07) is 0.346. The van der Waals surface area contributed by atoms with E-state index in [1.54, 1.807) is 0 Å². The first-order valence-electron chi connectivity index (χ1n) is 9.03. The van der Waals surface area contributed by atoms with Crippen LogP contribution in [0, 0.1) is 29.1 Å². The van der Waals surface area contributed by atoms with Gasteiger partial charge in [0.1, 0.15) is 0 Å². The fraction of sp³-hybridized carbons (Fsp3) is 0.944. The zero-order valence-corrected chi connectivity index (χ0v) is 13.7. The van der Waals surface area contributed by atoms with Crippen LogP contribution in [-0.2, 0) is 4.79 Å². The average molecular weight is 292 g/mol. The molecule has 2 unspecified atom stereocenters. The summed E-state index contributed by atoms with van der Waals surface area (Å²) in [5, 5.41) is 3.37. The van der Waals surface area contributed by atoms with E-state index in [1.807, 2.05) is 6.92 Å². The zero-order chi connectivity index (χ0) is 15.0. The van der Waals surface area contributed by atoms with Crippen molar-refractivity contribution in [3.8, 4) is 0 Å². The lowest BCUT2D eigenvalue weighted by atomic mass is 9.48. The third-order valence-electron chi connectivity index (χ3n) is 6.65. The van der Waals surface area contributed by atoms with Gasteiger partial charge in [-0.2, -0.15) is 0 Å². The molecule has 0 aliphatic heterocycles. The van der Waals surface area contributed by atoms with Gasteiger partial charge in [-0.1, -0.05) is 6.92 Å².